The predicted octanol–water partition coefficient (Wildman–Crippen LogP) is 2.59. The van der Waals surface area contributed by atoms with E-state index in [9.17, 15) is 0 Å². The lowest BCUT2D eigenvalue weighted by Gasteiger charge is -2.33. The summed E-state index contributed by atoms with van der Waals surface area (Å²) in [6, 6.07) is 6.27. The number of aliphatic imine (C=N–C) groups is 1. The number of hydrogen-bond donors (Lipinski definition) is 2. The normalized spacial score (nSPS) is 15.6. The quantitative estimate of drug-likeness (QED) is 0.508. The molecule has 2 N–H and O–H groups in total. The van der Waals surface area contributed by atoms with E-state index >= 15 is 0 Å². The third-order valence-corrected chi connectivity index (χ3v) is 5.73. The summed E-state index contributed by atoms with van der Waals surface area (Å²) >= 11 is 0. The van der Waals surface area contributed by atoms with Crippen LogP contribution in [0.2, 0.25) is 0 Å². The first-order valence-electron chi connectivity index (χ1n) is 10.9. The fourth-order valence-electron chi connectivity index (χ4n) is 3.63. The van der Waals surface area contributed by atoms with Crippen molar-refractivity contribution in [2.45, 2.75) is 45.7 Å². The highest BCUT2D eigenvalue weighted by Gasteiger charge is 2.15. The monoisotopic (exact) mass is 413 g/mol. The van der Waals surface area contributed by atoms with E-state index in [-0.39, 0.29) is 0 Å². The Balaban J connectivity index is 1.46. The zero-order chi connectivity index (χ0) is 21.3. The molecule has 8 nitrogen and oxygen atoms in total. The molecule has 0 aliphatic carbocycles. The minimum absolute atomic E-state index is 0.459. The summed E-state index contributed by atoms with van der Waals surface area (Å²) in [7, 11) is 3.93. The SMILES string of the molecule is CCC(CC)c1cc(CNC(=NC)NCc2ccc(N3CCN(C)CC3)nc2)on1. The average molecular weight is 414 g/mol. The van der Waals surface area contributed by atoms with Crippen LogP contribution in [0.15, 0.2) is 33.9 Å². The Morgan fingerprint density at radius 2 is 1.87 bits per heavy atom. The molecular weight excluding hydrogens is 378 g/mol. The average Bonchev–Trinajstić information content (AvgIpc) is 3.24. The van der Waals surface area contributed by atoms with Gasteiger partial charge in [-0.3, -0.25) is 4.99 Å². The van der Waals surface area contributed by atoms with Crippen LogP contribution in [0.5, 0.6) is 0 Å². The first kappa shape index (κ1) is 22.1. The van der Waals surface area contributed by atoms with Crippen LogP contribution in [-0.4, -0.2) is 61.3 Å². The highest BCUT2D eigenvalue weighted by atomic mass is 16.5. The third-order valence-electron chi connectivity index (χ3n) is 5.73. The number of pyridine rings is 1. The summed E-state index contributed by atoms with van der Waals surface area (Å²) in [5, 5.41) is 10.8. The Bertz CT molecular complexity index is 790. The van der Waals surface area contributed by atoms with E-state index in [1.54, 1.807) is 7.05 Å². The number of rotatable bonds is 8. The van der Waals surface area contributed by atoms with E-state index < -0.39 is 0 Å². The van der Waals surface area contributed by atoms with Gasteiger partial charge in [0.05, 0.1) is 12.2 Å². The second kappa shape index (κ2) is 11.0. The number of hydrogen-bond acceptors (Lipinski definition) is 6. The number of anilines is 1. The molecular formula is C22H35N7O. The highest BCUT2D eigenvalue weighted by molar-refractivity contribution is 5.79. The lowest BCUT2D eigenvalue weighted by molar-refractivity contribution is 0.312. The molecule has 0 atom stereocenters. The second-order valence-electron chi connectivity index (χ2n) is 7.83. The fourth-order valence-corrected chi connectivity index (χ4v) is 3.63. The lowest BCUT2D eigenvalue weighted by atomic mass is 9.99. The van der Waals surface area contributed by atoms with Crippen molar-refractivity contribution in [3.8, 4) is 0 Å². The van der Waals surface area contributed by atoms with Crippen molar-refractivity contribution in [2.75, 3.05) is 45.2 Å². The van der Waals surface area contributed by atoms with Crippen molar-refractivity contribution in [1.29, 1.82) is 0 Å². The third kappa shape index (κ3) is 5.95. The van der Waals surface area contributed by atoms with Gasteiger partial charge >= 0.3 is 0 Å². The molecule has 1 aliphatic heterocycles. The first-order valence-corrected chi connectivity index (χ1v) is 10.9. The van der Waals surface area contributed by atoms with Crippen molar-refractivity contribution < 1.29 is 4.52 Å². The molecule has 8 heteroatoms. The van der Waals surface area contributed by atoms with Crippen LogP contribution in [0, 0.1) is 0 Å². The van der Waals surface area contributed by atoms with Gasteiger partial charge in [-0.2, -0.15) is 0 Å². The molecule has 3 heterocycles. The molecule has 3 rings (SSSR count). The van der Waals surface area contributed by atoms with Crippen molar-refractivity contribution in [1.82, 2.24) is 25.7 Å². The van der Waals surface area contributed by atoms with Crippen molar-refractivity contribution in [2.24, 2.45) is 4.99 Å². The topological polar surface area (TPSA) is 81.8 Å². The van der Waals surface area contributed by atoms with E-state index in [0.717, 1.165) is 67.8 Å². The van der Waals surface area contributed by atoms with E-state index in [4.69, 9.17) is 4.52 Å². The van der Waals surface area contributed by atoms with Gasteiger partial charge in [0.15, 0.2) is 11.7 Å². The molecule has 0 aromatic carbocycles. The Morgan fingerprint density at radius 3 is 2.50 bits per heavy atom. The molecule has 1 aliphatic rings. The molecule has 2 aromatic heterocycles. The standard InChI is InChI=1S/C22H35N7O/c1-5-18(6-2)20-13-19(30-27-20)16-26-22(23-3)25-15-17-7-8-21(24-14-17)29-11-9-28(4)10-12-29/h7-8,13-14,18H,5-6,9-12,15-16H2,1-4H3,(H2,23,25,26). The molecule has 0 saturated carbocycles. The number of aromatic nitrogens is 2. The zero-order valence-electron chi connectivity index (χ0n) is 18.7. The zero-order valence-corrected chi connectivity index (χ0v) is 18.7. The van der Waals surface area contributed by atoms with Gasteiger partial charge < -0.3 is 25.0 Å². The van der Waals surface area contributed by atoms with Crippen LogP contribution in [0.4, 0.5) is 5.82 Å². The second-order valence-corrected chi connectivity index (χ2v) is 7.83. The molecule has 0 unspecified atom stereocenters. The smallest absolute Gasteiger partial charge is 0.191 e. The molecule has 0 amide bonds. The van der Waals surface area contributed by atoms with Gasteiger partial charge in [0, 0.05) is 58.0 Å². The maximum atomic E-state index is 5.47. The molecule has 0 radical (unpaired) electrons. The predicted molar refractivity (Wildman–Crippen MR) is 121 cm³/mol. The van der Waals surface area contributed by atoms with Gasteiger partial charge in [-0.05, 0) is 31.5 Å². The molecule has 0 spiro atoms. The van der Waals surface area contributed by atoms with Gasteiger partial charge in [-0.25, -0.2) is 4.98 Å². The number of likely N-dealkylation sites (N-methyl/N-ethyl adjacent to an activating group) is 1. The summed E-state index contributed by atoms with van der Waals surface area (Å²) in [6.07, 6.45) is 4.08. The number of piperazine rings is 1. The summed E-state index contributed by atoms with van der Waals surface area (Å²) in [5.74, 6) is 3.05. The maximum absolute atomic E-state index is 5.47. The summed E-state index contributed by atoms with van der Waals surface area (Å²) in [6.45, 7) is 9.78. The minimum atomic E-state index is 0.459. The molecule has 2 aromatic rings. The van der Waals surface area contributed by atoms with Gasteiger partial charge in [0.2, 0.25) is 0 Å². The number of nitrogens with one attached hydrogen (secondary N) is 2. The van der Waals surface area contributed by atoms with Crippen LogP contribution in [0.25, 0.3) is 0 Å². The van der Waals surface area contributed by atoms with Gasteiger partial charge in [0.25, 0.3) is 0 Å². The number of nitrogens with zero attached hydrogens (tertiary/aromatic N) is 5. The molecule has 0 bridgehead atoms. The largest absolute Gasteiger partial charge is 0.359 e. The van der Waals surface area contributed by atoms with Crippen LogP contribution >= 0.6 is 0 Å². The summed E-state index contributed by atoms with van der Waals surface area (Å²) < 4.78 is 5.47. The van der Waals surface area contributed by atoms with Crippen molar-refractivity contribution >= 4 is 11.8 Å². The minimum Gasteiger partial charge on any atom is -0.359 e. The lowest BCUT2D eigenvalue weighted by Crippen LogP contribution is -2.44. The Labute approximate surface area is 179 Å². The Morgan fingerprint density at radius 1 is 1.13 bits per heavy atom. The summed E-state index contributed by atoms with van der Waals surface area (Å²) in [5.41, 5.74) is 2.15. The van der Waals surface area contributed by atoms with E-state index in [2.05, 4.69) is 68.6 Å². The van der Waals surface area contributed by atoms with E-state index in [0.29, 0.717) is 19.0 Å². The van der Waals surface area contributed by atoms with Crippen LogP contribution in [-0.2, 0) is 13.1 Å². The summed E-state index contributed by atoms with van der Waals surface area (Å²) in [4.78, 5) is 13.6. The number of guanidine groups is 1. The Hall–Kier alpha value is -2.61. The van der Waals surface area contributed by atoms with E-state index in [1.807, 2.05) is 12.3 Å². The van der Waals surface area contributed by atoms with Crippen LogP contribution < -0.4 is 15.5 Å². The Kier molecular flexibility index (Phi) is 8.07. The van der Waals surface area contributed by atoms with Crippen molar-refractivity contribution in [3.63, 3.8) is 0 Å². The van der Waals surface area contributed by atoms with Gasteiger partial charge in [-0.15, -0.1) is 0 Å². The van der Waals surface area contributed by atoms with Gasteiger partial charge in [0.1, 0.15) is 5.82 Å². The first-order chi connectivity index (χ1) is 14.6. The fraction of sp³-hybridized carbons (Fsp3) is 0.591. The van der Waals surface area contributed by atoms with Crippen LogP contribution in [0.1, 0.15) is 49.6 Å². The maximum Gasteiger partial charge on any atom is 0.191 e. The molecule has 30 heavy (non-hydrogen) atoms. The van der Waals surface area contributed by atoms with Crippen LogP contribution in [0.3, 0.4) is 0 Å². The highest BCUT2D eigenvalue weighted by Crippen LogP contribution is 2.22. The molecule has 1 saturated heterocycles. The van der Waals surface area contributed by atoms with Gasteiger partial charge in [-0.1, -0.05) is 25.1 Å². The van der Waals surface area contributed by atoms with Crippen molar-refractivity contribution in [3.05, 3.63) is 41.4 Å². The molecule has 1 fully saturated rings. The molecule has 164 valence electrons. The van der Waals surface area contributed by atoms with E-state index in [1.165, 1.54) is 0 Å².